The summed E-state index contributed by atoms with van der Waals surface area (Å²) >= 11 is 1.28. The lowest BCUT2D eigenvalue weighted by molar-refractivity contribution is 0.103. The molecule has 0 aliphatic heterocycles. The summed E-state index contributed by atoms with van der Waals surface area (Å²) < 4.78 is 26.4. The van der Waals surface area contributed by atoms with Crippen LogP contribution >= 0.6 is 11.3 Å². The molecular formula is C12H10F2N2OS. The van der Waals surface area contributed by atoms with Crippen molar-refractivity contribution in [2.75, 3.05) is 6.54 Å². The largest absolute Gasteiger partial charge is 0.330 e. The molecule has 2 N–H and O–H groups in total. The van der Waals surface area contributed by atoms with Gasteiger partial charge in [0.1, 0.15) is 17.3 Å². The van der Waals surface area contributed by atoms with Gasteiger partial charge in [-0.1, -0.05) is 0 Å². The second kappa shape index (κ2) is 5.32. The van der Waals surface area contributed by atoms with E-state index in [0.717, 1.165) is 18.2 Å². The smallest absolute Gasteiger partial charge is 0.215 e. The number of aromatic nitrogens is 1. The number of carbonyl (C=O) groups is 1. The maximum Gasteiger partial charge on any atom is 0.215 e. The lowest BCUT2D eigenvalue weighted by Crippen LogP contribution is -2.07. The van der Waals surface area contributed by atoms with E-state index >= 15 is 0 Å². The van der Waals surface area contributed by atoms with Gasteiger partial charge in [-0.15, -0.1) is 11.3 Å². The van der Waals surface area contributed by atoms with Crippen molar-refractivity contribution < 1.29 is 13.6 Å². The summed E-state index contributed by atoms with van der Waals surface area (Å²) in [5.41, 5.74) is 5.19. The number of nitrogens with two attached hydrogens (primary N) is 1. The number of hydrogen-bond donors (Lipinski definition) is 1. The summed E-state index contributed by atoms with van der Waals surface area (Å²) in [6.07, 6.45) is 0.559. The molecule has 0 bridgehead atoms. The molecule has 0 saturated heterocycles. The third kappa shape index (κ3) is 2.60. The van der Waals surface area contributed by atoms with Crippen LogP contribution in [-0.4, -0.2) is 17.3 Å². The van der Waals surface area contributed by atoms with E-state index in [0.29, 0.717) is 18.0 Å². The Morgan fingerprint density at radius 2 is 2.17 bits per heavy atom. The molecule has 3 nitrogen and oxygen atoms in total. The summed E-state index contributed by atoms with van der Waals surface area (Å²) in [6.45, 7) is 0.426. The number of hydrogen-bond acceptors (Lipinski definition) is 4. The highest BCUT2D eigenvalue weighted by atomic mass is 32.1. The highest BCUT2D eigenvalue weighted by Crippen LogP contribution is 2.17. The second-order valence-corrected chi connectivity index (χ2v) is 4.56. The maximum absolute atomic E-state index is 13.4. The van der Waals surface area contributed by atoms with Gasteiger partial charge >= 0.3 is 0 Å². The Hall–Kier alpha value is -1.66. The van der Waals surface area contributed by atoms with Gasteiger partial charge < -0.3 is 5.73 Å². The molecule has 1 heterocycles. The van der Waals surface area contributed by atoms with Gasteiger partial charge in [0.2, 0.25) is 5.78 Å². The van der Waals surface area contributed by atoms with Crippen LogP contribution in [0, 0.1) is 11.6 Å². The minimum absolute atomic E-state index is 0.118. The van der Waals surface area contributed by atoms with Gasteiger partial charge in [-0.05, 0) is 24.7 Å². The van der Waals surface area contributed by atoms with Gasteiger partial charge in [-0.2, -0.15) is 0 Å². The molecule has 18 heavy (non-hydrogen) atoms. The molecule has 1 aromatic heterocycles. The Morgan fingerprint density at radius 3 is 2.89 bits per heavy atom. The van der Waals surface area contributed by atoms with Crippen LogP contribution in [0.15, 0.2) is 23.6 Å². The first kappa shape index (κ1) is 12.8. The zero-order chi connectivity index (χ0) is 13.1. The van der Waals surface area contributed by atoms with Crippen LogP contribution in [0.3, 0.4) is 0 Å². The van der Waals surface area contributed by atoms with Crippen molar-refractivity contribution in [3.05, 3.63) is 51.5 Å². The number of carbonyl (C=O) groups excluding carboxylic acids is 1. The van der Waals surface area contributed by atoms with Gasteiger partial charge in [-0.3, -0.25) is 4.79 Å². The first-order valence-electron chi connectivity index (χ1n) is 5.26. The topological polar surface area (TPSA) is 56.0 Å². The quantitative estimate of drug-likeness (QED) is 0.864. The third-order valence-corrected chi connectivity index (χ3v) is 3.22. The number of benzene rings is 1. The maximum atomic E-state index is 13.4. The van der Waals surface area contributed by atoms with Gasteiger partial charge in [-0.25, -0.2) is 13.8 Å². The van der Waals surface area contributed by atoms with Crippen LogP contribution < -0.4 is 5.73 Å². The SMILES string of the molecule is NCCc1nc(C(=O)c2cc(F)ccc2F)cs1. The molecule has 0 spiro atoms. The number of rotatable bonds is 4. The van der Waals surface area contributed by atoms with E-state index in [4.69, 9.17) is 5.73 Å². The fourth-order valence-electron chi connectivity index (χ4n) is 1.46. The van der Waals surface area contributed by atoms with Crippen molar-refractivity contribution in [3.63, 3.8) is 0 Å². The van der Waals surface area contributed by atoms with Gasteiger partial charge in [0.15, 0.2) is 0 Å². The molecule has 0 aliphatic carbocycles. The molecule has 0 unspecified atom stereocenters. The zero-order valence-corrected chi connectivity index (χ0v) is 10.1. The predicted molar refractivity (Wildman–Crippen MR) is 64.7 cm³/mol. The number of halogens is 2. The molecular weight excluding hydrogens is 258 g/mol. The summed E-state index contributed by atoms with van der Waals surface area (Å²) in [4.78, 5) is 16.0. The van der Waals surface area contributed by atoms with E-state index in [1.165, 1.54) is 16.7 Å². The molecule has 0 atom stereocenters. The molecule has 2 rings (SSSR count). The first-order chi connectivity index (χ1) is 8.61. The molecule has 6 heteroatoms. The van der Waals surface area contributed by atoms with E-state index in [2.05, 4.69) is 4.98 Å². The van der Waals surface area contributed by atoms with Crippen molar-refractivity contribution in [1.29, 1.82) is 0 Å². The minimum atomic E-state index is -0.755. The first-order valence-corrected chi connectivity index (χ1v) is 6.14. The second-order valence-electron chi connectivity index (χ2n) is 3.62. The summed E-state index contributed by atoms with van der Waals surface area (Å²) in [5.74, 6) is -2.03. The third-order valence-electron chi connectivity index (χ3n) is 2.32. The van der Waals surface area contributed by atoms with Gasteiger partial charge in [0, 0.05) is 11.8 Å². The fourth-order valence-corrected chi connectivity index (χ4v) is 2.26. The van der Waals surface area contributed by atoms with E-state index in [1.807, 2.05) is 0 Å². The monoisotopic (exact) mass is 268 g/mol. The molecule has 1 aromatic carbocycles. The van der Waals surface area contributed by atoms with Crippen molar-refractivity contribution in [1.82, 2.24) is 4.98 Å². The Bertz CT molecular complexity index is 583. The molecule has 0 aliphatic rings. The number of ketones is 1. The predicted octanol–water partition coefficient (Wildman–Crippen LogP) is 2.15. The van der Waals surface area contributed by atoms with Crippen molar-refractivity contribution in [2.24, 2.45) is 5.73 Å². The zero-order valence-electron chi connectivity index (χ0n) is 9.32. The van der Waals surface area contributed by atoms with Crippen LogP contribution in [0.1, 0.15) is 21.1 Å². The standard InChI is InChI=1S/C12H10F2N2OS/c13-7-1-2-9(14)8(5-7)12(17)10-6-18-11(16-10)3-4-15/h1-2,5-6H,3-4,15H2. The van der Waals surface area contributed by atoms with Crippen LogP contribution in [0.2, 0.25) is 0 Å². The van der Waals surface area contributed by atoms with Gasteiger partial charge in [0.05, 0.1) is 10.6 Å². The number of nitrogens with zero attached hydrogens (tertiary/aromatic N) is 1. The normalized spacial score (nSPS) is 10.6. The summed E-state index contributed by atoms with van der Waals surface area (Å²) in [7, 11) is 0. The van der Waals surface area contributed by atoms with Crippen LogP contribution in [0.5, 0.6) is 0 Å². The highest BCUT2D eigenvalue weighted by Gasteiger charge is 2.17. The summed E-state index contributed by atoms with van der Waals surface area (Å²) in [5, 5.41) is 2.23. The van der Waals surface area contributed by atoms with Crippen molar-refractivity contribution >= 4 is 17.1 Å². The summed E-state index contributed by atoms with van der Waals surface area (Å²) in [6, 6.07) is 2.77. The minimum Gasteiger partial charge on any atom is -0.330 e. The molecule has 2 aromatic rings. The Morgan fingerprint density at radius 1 is 1.39 bits per heavy atom. The molecule has 0 amide bonds. The van der Waals surface area contributed by atoms with Crippen LogP contribution in [0.4, 0.5) is 8.78 Å². The van der Waals surface area contributed by atoms with Crippen LogP contribution in [-0.2, 0) is 6.42 Å². The molecule has 94 valence electrons. The van der Waals surface area contributed by atoms with Crippen LogP contribution in [0.25, 0.3) is 0 Å². The van der Waals surface area contributed by atoms with Crippen molar-refractivity contribution in [3.8, 4) is 0 Å². The average molecular weight is 268 g/mol. The highest BCUT2D eigenvalue weighted by molar-refractivity contribution is 7.09. The van der Waals surface area contributed by atoms with Crippen molar-refractivity contribution in [2.45, 2.75) is 6.42 Å². The fraction of sp³-hybridized carbons (Fsp3) is 0.167. The van der Waals surface area contributed by atoms with Gasteiger partial charge in [0.25, 0.3) is 0 Å². The molecule has 0 fully saturated rings. The van der Waals surface area contributed by atoms with E-state index in [9.17, 15) is 13.6 Å². The van der Waals surface area contributed by atoms with E-state index < -0.39 is 17.4 Å². The molecule has 0 radical (unpaired) electrons. The Balaban J connectivity index is 2.32. The average Bonchev–Trinajstić information content (AvgIpc) is 2.80. The Kier molecular flexibility index (Phi) is 3.78. The number of thiazole rings is 1. The molecule has 0 saturated carbocycles. The lowest BCUT2D eigenvalue weighted by Gasteiger charge is -2.00. The van der Waals surface area contributed by atoms with E-state index in [-0.39, 0.29) is 11.3 Å². The van der Waals surface area contributed by atoms with E-state index in [1.54, 1.807) is 0 Å². The lowest BCUT2D eigenvalue weighted by atomic mass is 10.1. The Labute approximate surface area is 106 Å².